The van der Waals surface area contributed by atoms with E-state index in [0.717, 1.165) is 38.2 Å². The molecule has 4 rings (SSSR count). The Bertz CT molecular complexity index is 989. The summed E-state index contributed by atoms with van der Waals surface area (Å²) in [4.78, 5) is 13.6. The summed E-state index contributed by atoms with van der Waals surface area (Å²) in [5.74, 6) is 0.453. The second-order valence-corrected chi connectivity index (χ2v) is 6.26. The van der Waals surface area contributed by atoms with Crippen LogP contribution in [-0.4, -0.2) is 64.4 Å². The predicted molar refractivity (Wildman–Crippen MR) is 98.5 cm³/mol. The molecule has 1 aliphatic heterocycles. The van der Waals surface area contributed by atoms with Crippen LogP contribution in [0.1, 0.15) is 5.56 Å². The standard InChI is InChI=1S/C19H19N5O3/c20-11-13-1-2-14-15(9-13)23-19(25)18(14)16-10-17(22-12-21-16)27-8-5-24-3-6-26-7-4-24/h1-2,9-10,12,23,25H,3-8H2. The van der Waals surface area contributed by atoms with Crippen LogP contribution in [0.4, 0.5) is 0 Å². The second kappa shape index (κ2) is 7.61. The molecular formula is C19H19N5O3. The highest BCUT2D eigenvalue weighted by Gasteiger charge is 2.16. The summed E-state index contributed by atoms with van der Waals surface area (Å²) >= 11 is 0. The fraction of sp³-hybridized carbons (Fsp3) is 0.316. The van der Waals surface area contributed by atoms with E-state index in [-0.39, 0.29) is 5.88 Å². The Hall–Kier alpha value is -3.15. The maximum Gasteiger partial charge on any atom is 0.216 e. The Labute approximate surface area is 156 Å². The lowest BCUT2D eigenvalue weighted by molar-refractivity contribution is 0.0320. The third-order valence-corrected chi connectivity index (χ3v) is 4.57. The Balaban J connectivity index is 1.53. The molecule has 0 unspecified atom stereocenters. The van der Waals surface area contributed by atoms with Gasteiger partial charge in [-0.1, -0.05) is 6.07 Å². The third-order valence-electron chi connectivity index (χ3n) is 4.57. The van der Waals surface area contributed by atoms with E-state index in [0.29, 0.717) is 34.8 Å². The average Bonchev–Trinajstić information content (AvgIpc) is 3.03. The third kappa shape index (κ3) is 3.69. The summed E-state index contributed by atoms with van der Waals surface area (Å²) in [7, 11) is 0. The number of aromatic hydroxyl groups is 1. The lowest BCUT2D eigenvalue weighted by atomic mass is 10.1. The van der Waals surface area contributed by atoms with Crippen molar-refractivity contribution < 1.29 is 14.6 Å². The number of hydrogen-bond acceptors (Lipinski definition) is 7. The van der Waals surface area contributed by atoms with Crippen molar-refractivity contribution >= 4 is 10.9 Å². The number of aromatic amines is 1. The van der Waals surface area contributed by atoms with Crippen molar-refractivity contribution in [3.05, 3.63) is 36.2 Å². The van der Waals surface area contributed by atoms with Crippen molar-refractivity contribution in [2.75, 3.05) is 39.5 Å². The summed E-state index contributed by atoms with van der Waals surface area (Å²) in [6, 6.07) is 8.99. The van der Waals surface area contributed by atoms with Gasteiger partial charge in [-0.05, 0) is 12.1 Å². The quantitative estimate of drug-likeness (QED) is 0.711. The van der Waals surface area contributed by atoms with Crippen LogP contribution in [0.5, 0.6) is 11.8 Å². The maximum atomic E-state index is 10.3. The normalized spacial score (nSPS) is 14.9. The number of benzene rings is 1. The summed E-state index contributed by atoms with van der Waals surface area (Å²) in [5.41, 5.74) is 2.31. The molecule has 8 nitrogen and oxygen atoms in total. The van der Waals surface area contributed by atoms with Crippen molar-refractivity contribution in [1.29, 1.82) is 5.26 Å². The van der Waals surface area contributed by atoms with Gasteiger partial charge in [0.1, 0.15) is 12.9 Å². The van der Waals surface area contributed by atoms with Gasteiger partial charge in [-0.15, -0.1) is 0 Å². The van der Waals surface area contributed by atoms with Gasteiger partial charge in [0.05, 0.1) is 41.6 Å². The summed E-state index contributed by atoms with van der Waals surface area (Å²) in [6.07, 6.45) is 1.42. The molecule has 2 aromatic heterocycles. The Kier molecular flexibility index (Phi) is 4.87. The zero-order valence-electron chi connectivity index (χ0n) is 14.7. The summed E-state index contributed by atoms with van der Waals surface area (Å²) < 4.78 is 11.1. The molecule has 0 aliphatic carbocycles. The molecule has 0 saturated carbocycles. The number of aromatic nitrogens is 3. The second-order valence-electron chi connectivity index (χ2n) is 6.26. The minimum absolute atomic E-state index is 0.00180. The van der Waals surface area contributed by atoms with Crippen molar-refractivity contribution in [2.45, 2.75) is 0 Å². The molecule has 1 fully saturated rings. The Morgan fingerprint density at radius 2 is 2.11 bits per heavy atom. The average molecular weight is 365 g/mol. The highest BCUT2D eigenvalue weighted by molar-refractivity contribution is 5.98. The van der Waals surface area contributed by atoms with Crippen LogP contribution >= 0.6 is 0 Å². The van der Waals surface area contributed by atoms with Gasteiger partial charge < -0.3 is 19.6 Å². The summed E-state index contributed by atoms with van der Waals surface area (Å²) in [6.45, 7) is 4.65. The fourth-order valence-corrected chi connectivity index (χ4v) is 3.17. The SMILES string of the molecule is N#Cc1ccc2c(-c3cc(OCCN4CCOCC4)ncn3)c(O)[nH]c2c1. The predicted octanol–water partition coefficient (Wildman–Crippen LogP) is 1.91. The largest absolute Gasteiger partial charge is 0.494 e. The van der Waals surface area contributed by atoms with E-state index >= 15 is 0 Å². The molecule has 3 heterocycles. The zero-order valence-corrected chi connectivity index (χ0v) is 14.7. The van der Waals surface area contributed by atoms with Crippen LogP contribution in [0.2, 0.25) is 0 Å². The molecule has 1 aromatic carbocycles. The number of morpholine rings is 1. The first kappa shape index (κ1) is 17.3. The van der Waals surface area contributed by atoms with Crippen molar-refractivity contribution in [3.63, 3.8) is 0 Å². The van der Waals surface area contributed by atoms with Crippen molar-refractivity contribution in [2.24, 2.45) is 0 Å². The summed E-state index contributed by atoms with van der Waals surface area (Å²) in [5, 5.41) is 20.1. The van der Waals surface area contributed by atoms with Crippen LogP contribution in [0, 0.1) is 11.3 Å². The van der Waals surface area contributed by atoms with Crippen molar-refractivity contribution in [3.8, 4) is 29.1 Å². The molecule has 27 heavy (non-hydrogen) atoms. The number of nitriles is 1. The Morgan fingerprint density at radius 1 is 1.26 bits per heavy atom. The van der Waals surface area contributed by atoms with Crippen LogP contribution in [-0.2, 0) is 4.74 Å². The number of fused-ring (bicyclic) bond motifs is 1. The molecule has 0 spiro atoms. The van der Waals surface area contributed by atoms with Gasteiger partial charge in [-0.3, -0.25) is 4.90 Å². The smallest absolute Gasteiger partial charge is 0.216 e. The van der Waals surface area contributed by atoms with Crippen LogP contribution in [0.15, 0.2) is 30.6 Å². The lowest BCUT2D eigenvalue weighted by Crippen LogP contribution is -2.38. The lowest BCUT2D eigenvalue weighted by Gasteiger charge is -2.26. The van der Waals surface area contributed by atoms with Gasteiger partial charge in [0.15, 0.2) is 5.88 Å². The topological polar surface area (TPSA) is 107 Å². The highest BCUT2D eigenvalue weighted by Crippen LogP contribution is 2.36. The van der Waals surface area contributed by atoms with E-state index in [1.165, 1.54) is 6.33 Å². The number of hydrogen-bond donors (Lipinski definition) is 2. The molecule has 8 heteroatoms. The number of nitrogens with one attached hydrogen (secondary N) is 1. The van der Waals surface area contributed by atoms with Gasteiger partial charge in [-0.25, -0.2) is 9.97 Å². The minimum Gasteiger partial charge on any atom is -0.494 e. The van der Waals surface area contributed by atoms with E-state index in [1.807, 2.05) is 0 Å². The van der Waals surface area contributed by atoms with Crippen LogP contribution < -0.4 is 4.74 Å². The molecule has 1 saturated heterocycles. The fourth-order valence-electron chi connectivity index (χ4n) is 3.17. The zero-order chi connectivity index (χ0) is 18.6. The first-order chi connectivity index (χ1) is 13.2. The van der Waals surface area contributed by atoms with Gasteiger partial charge in [0.25, 0.3) is 0 Å². The number of nitrogens with zero attached hydrogens (tertiary/aromatic N) is 4. The number of H-pyrrole nitrogens is 1. The van der Waals surface area contributed by atoms with E-state index in [1.54, 1.807) is 24.3 Å². The molecule has 1 aliphatic rings. The van der Waals surface area contributed by atoms with Crippen molar-refractivity contribution in [1.82, 2.24) is 19.9 Å². The molecule has 0 bridgehead atoms. The van der Waals surface area contributed by atoms with E-state index in [2.05, 4.69) is 25.9 Å². The van der Waals surface area contributed by atoms with Crippen LogP contribution in [0.25, 0.3) is 22.2 Å². The molecule has 0 atom stereocenters. The van der Waals surface area contributed by atoms with Crippen LogP contribution in [0.3, 0.4) is 0 Å². The van der Waals surface area contributed by atoms with E-state index in [4.69, 9.17) is 14.7 Å². The first-order valence-corrected chi connectivity index (χ1v) is 8.75. The number of rotatable bonds is 5. The highest BCUT2D eigenvalue weighted by atomic mass is 16.5. The van der Waals surface area contributed by atoms with Gasteiger partial charge in [0, 0.05) is 31.1 Å². The monoisotopic (exact) mass is 365 g/mol. The Morgan fingerprint density at radius 3 is 2.93 bits per heavy atom. The van der Waals surface area contributed by atoms with E-state index < -0.39 is 0 Å². The molecule has 3 aromatic rings. The molecular weight excluding hydrogens is 346 g/mol. The van der Waals surface area contributed by atoms with Gasteiger partial charge in [-0.2, -0.15) is 5.26 Å². The number of ether oxygens (including phenoxy) is 2. The molecule has 0 radical (unpaired) electrons. The maximum absolute atomic E-state index is 10.3. The minimum atomic E-state index is -0.00180. The van der Waals surface area contributed by atoms with Gasteiger partial charge in [0.2, 0.25) is 5.88 Å². The molecule has 138 valence electrons. The molecule has 0 amide bonds. The van der Waals surface area contributed by atoms with E-state index in [9.17, 15) is 5.11 Å². The van der Waals surface area contributed by atoms with Gasteiger partial charge >= 0.3 is 0 Å². The first-order valence-electron chi connectivity index (χ1n) is 8.75. The molecule has 2 N–H and O–H groups in total.